The molecule has 2 unspecified atom stereocenters. The Morgan fingerprint density at radius 3 is 2.83 bits per heavy atom. The molecule has 1 aliphatic carbocycles. The van der Waals surface area contributed by atoms with Crippen molar-refractivity contribution in [2.75, 3.05) is 5.32 Å². The monoisotopic (exact) mass is 268 g/mol. The van der Waals surface area contributed by atoms with Crippen LogP contribution in [0, 0.1) is 5.92 Å². The fourth-order valence-corrected chi connectivity index (χ4v) is 3.25. The highest BCUT2D eigenvalue weighted by Gasteiger charge is 2.25. The summed E-state index contributed by atoms with van der Waals surface area (Å²) in [4.78, 5) is 0.165. The molecule has 100 valence electrons. The zero-order chi connectivity index (χ0) is 13.2. The topological polar surface area (TPSA) is 72.2 Å². The third-order valence-electron chi connectivity index (χ3n) is 3.70. The quantitative estimate of drug-likeness (QED) is 0.880. The first-order chi connectivity index (χ1) is 8.50. The summed E-state index contributed by atoms with van der Waals surface area (Å²) in [5.41, 5.74) is 0.840. The maximum absolute atomic E-state index is 11.3. The van der Waals surface area contributed by atoms with Gasteiger partial charge in [-0.1, -0.05) is 25.8 Å². The van der Waals surface area contributed by atoms with Crippen LogP contribution in [-0.4, -0.2) is 14.5 Å². The molecular formula is C13H20N2O2S. The van der Waals surface area contributed by atoms with Crippen molar-refractivity contribution in [2.24, 2.45) is 11.1 Å². The number of anilines is 1. The third-order valence-corrected chi connectivity index (χ3v) is 4.61. The summed E-state index contributed by atoms with van der Waals surface area (Å²) in [7, 11) is -3.62. The van der Waals surface area contributed by atoms with Crippen LogP contribution in [0.25, 0.3) is 0 Å². The molecule has 5 heteroatoms. The number of hydrogen-bond donors (Lipinski definition) is 2. The first-order valence-corrected chi connectivity index (χ1v) is 7.94. The molecule has 1 fully saturated rings. The average molecular weight is 268 g/mol. The second-order valence-electron chi connectivity index (χ2n) is 4.92. The Morgan fingerprint density at radius 1 is 1.39 bits per heavy atom. The lowest BCUT2D eigenvalue weighted by Gasteiger charge is -2.21. The third kappa shape index (κ3) is 3.03. The molecule has 0 aliphatic heterocycles. The smallest absolute Gasteiger partial charge is 0.238 e. The van der Waals surface area contributed by atoms with Crippen molar-refractivity contribution in [3.8, 4) is 0 Å². The van der Waals surface area contributed by atoms with Crippen LogP contribution in [0.1, 0.15) is 32.6 Å². The lowest BCUT2D eigenvalue weighted by molar-refractivity contribution is 0.489. The van der Waals surface area contributed by atoms with Crippen LogP contribution in [0.4, 0.5) is 5.69 Å². The number of rotatable bonds is 4. The second kappa shape index (κ2) is 5.28. The molecule has 0 radical (unpaired) electrons. The van der Waals surface area contributed by atoms with E-state index in [0.29, 0.717) is 12.0 Å². The highest BCUT2D eigenvalue weighted by Crippen LogP contribution is 2.31. The van der Waals surface area contributed by atoms with Crippen molar-refractivity contribution in [3.05, 3.63) is 24.3 Å². The lowest BCUT2D eigenvalue weighted by atomic mass is 10.0. The Hall–Kier alpha value is -1.07. The molecule has 0 amide bonds. The standard InChI is InChI=1S/C13H20N2O2S/c1-2-10-5-3-8-13(10)15-11-6-4-7-12(9-11)18(14,16)17/h4,6-7,9-10,13,15H,2-3,5,8H2,1H3,(H2,14,16,17). The molecule has 0 aromatic heterocycles. The van der Waals surface area contributed by atoms with Gasteiger partial charge < -0.3 is 5.32 Å². The molecule has 3 N–H and O–H groups in total. The van der Waals surface area contributed by atoms with E-state index in [1.54, 1.807) is 12.1 Å². The Labute approximate surface area is 109 Å². The first-order valence-electron chi connectivity index (χ1n) is 6.40. The normalized spacial score (nSPS) is 24.1. The first kappa shape index (κ1) is 13.4. The van der Waals surface area contributed by atoms with Gasteiger partial charge in [0.05, 0.1) is 4.90 Å². The molecular weight excluding hydrogens is 248 g/mol. The molecule has 2 rings (SSSR count). The van der Waals surface area contributed by atoms with Gasteiger partial charge in [-0.25, -0.2) is 13.6 Å². The summed E-state index contributed by atoms with van der Waals surface area (Å²) in [5.74, 6) is 0.683. The van der Waals surface area contributed by atoms with Gasteiger partial charge in [0, 0.05) is 11.7 Å². The van der Waals surface area contributed by atoms with Gasteiger partial charge in [0.25, 0.3) is 0 Å². The van der Waals surface area contributed by atoms with E-state index in [-0.39, 0.29) is 4.90 Å². The maximum Gasteiger partial charge on any atom is 0.238 e. The Balaban J connectivity index is 2.15. The van der Waals surface area contributed by atoms with Crippen molar-refractivity contribution in [2.45, 2.75) is 43.5 Å². The molecule has 1 aromatic carbocycles. The lowest BCUT2D eigenvalue weighted by Crippen LogP contribution is -2.23. The number of hydrogen-bond acceptors (Lipinski definition) is 3. The summed E-state index contributed by atoms with van der Waals surface area (Å²) in [6.45, 7) is 2.20. The average Bonchev–Trinajstić information content (AvgIpc) is 2.75. The van der Waals surface area contributed by atoms with Crippen LogP contribution in [-0.2, 0) is 10.0 Å². The van der Waals surface area contributed by atoms with Crippen LogP contribution in [0.15, 0.2) is 29.2 Å². The molecule has 0 spiro atoms. The molecule has 0 bridgehead atoms. The SMILES string of the molecule is CCC1CCCC1Nc1cccc(S(N)(=O)=O)c1. The Kier molecular flexibility index (Phi) is 3.92. The van der Waals surface area contributed by atoms with Crippen molar-refractivity contribution in [3.63, 3.8) is 0 Å². The molecule has 4 nitrogen and oxygen atoms in total. The largest absolute Gasteiger partial charge is 0.382 e. The minimum absolute atomic E-state index is 0.165. The van der Waals surface area contributed by atoms with E-state index in [0.717, 1.165) is 18.5 Å². The number of nitrogens with two attached hydrogens (primary N) is 1. The molecule has 2 atom stereocenters. The molecule has 1 aromatic rings. The van der Waals surface area contributed by atoms with Crippen molar-refractivity contribution in [1.29, 1.82) is 0 Å². The molecule has 0 saturated heterocycles. The minimum Gasteiger partial charge on any atom is -0.382 e. The van der Waals surface area contributed by atoms with Gasteiger partial charge in [0.2, 0.25) is 10.0 Å². The van der Waals surface area contributed by atoms with Crippen LogP contribution in [0.5, 0.6) is 0 Å². The fraction of sp³-hybridized carbons (Fsp3) is 0.538. The summed E-state index contributed by atoms with van der Waals surface area (Å²) >= 11 is 0. The van der Waals surface area contributed by atoms with E-state index in [1.807, 2.05) is 6.07 Å². The second-order valence-corrected chi connectivity index (χ2v) is 6.48. The van der Waals surface area contributed by atoms with Gasteiger partial charge in [-0.2, -0.15) is 0 Å². The van der Waals surface area contributed by atoms with Crippen LogP contribution in [0.2, 0.25) is 0 Å². The molecule has 0 heterocycles. The van der Waals surface area contributed by atoms with Crippen LogP contribution < -0.4 is 10.5 Å². The summed E-state index contributed by atoms with van der Waals surface area (Å²) < 4.78 is 22.6. The van der Waals surface area contributed by atoms with Crippen molar-refractivity contribution < 1.29 is 8.42 Å². The number of benzene rings is 1. The van der Waals surface area contributed by atoms with Gasteiger partial charge in [0.1, 0.15) is 0 Å². The van der Waals surface area contributed by atoms with E-state index < -0.39 is 10.0 Å². The Morgan fingerprint density at radius 2 is 2.17 bits per heavy atom. The summed E-state index contributed by atoms with van der Waals surface area (Å²) in [5, 5.41) is 8.57. The highest BCUT2D eigenvalue weighted by atomic mass is 32.2. The molecule has 18 heavy (non-hydrogen) atoms. The number of primary sulfonamides is 1. The van der Waals surface area contributed by atoms with E-state index in [9.17, 15) is 8.42 Å². The van der Waals surface area contributed by atoms with Gasteiger partial charge in [-0.3, -0.25) is 0 Å². The maximum atomic E-state index is 11.3. The van der Waals surface area contributed by atoms with Crippen LogP contribution in [0.3, 0.4) is 0 Å². The zero-order valence-corrected chi connectivity index (χ0v) is 11.4. The predicted molar refractivity (Wildman–Crippen MR) is 72.9 cm³/mol. The number of nitrogens with one attached hydrogen (secondary N) is 1. The van der Waals surface area contributed by atoms with E-state index in [2.05, 4.69) is 12.2 Å². The minimum atomic E-state index is -3.62. The van der Waals surface area contributed by atoms with Gasteiger partial charge >= 0.3 is 0 Å². The van der Waals surface area contributed by atoms with Crippen LogP contribution >= 0.6 is 0 Å². The zero-order valence-electron chi connectivity index (χ0n) is 10.6. The van der Waals surface area contributed by atoms with Gasteiger partial charge in [-0.05, 0) is 37.0 Å². The van der Waals surface area contributed by atoms with Crippen molar-refractivity contribution in [1.82, 2.24) is 0 Å². The van der Waals surface area contributed by atoms with Crippen molar-refractivity contribution >= 4 is 15.7 Å². The summed E-state index contributed by atoms with van der Waals surface area (Å²) in [6.07, 6.45) is 4.80. The van der Waals surface area contributed by atoms with Gasteiger partial charge in [0.15, 0.2) is 0 Å². The highest BCUT2D eigenvalue weighted by molar-refractivity contribution is 7.89. The molecule has 1 saturated carbocycles. The van der Waals surface area contributed by atoms with E-state index in [4.69, 9.17) is 5.14 Å². The molecule has 1 aliphatic rings. The van der Waals surface area contributed by atoms with Gasteiger partial charge in [-0.15, -0.1) is 0 Å². The van der Waals surface area contributed by atoms with E-state index in [1.165, 1.54) is 18.9 Å². The fourth-order valence-electron chi connectivity index (χ4n) is 2.69. The number of sulfonamides is 1. The van der Waals surface area contributed by atoms with E-state index >= 15 is 0 Å². The predicted octanol–water partition coefficient (Wildman–Crippen LogP) is 2.32. The summed E-state index contributed by atoms with van der Waals surface area (Å²) in [6, 6.07) is 7.19. The Bertz CT molecular complexity index is 513.